The van der Waals surface area contributed by atoms with Gasteiger partial charge in [-0.25, -0.2) is 4.79 Å². The highest BCUT2D eigenvalue weighted by Gasteiger charge is 2.41. The molecule has 2 heterocycles. The van der Waals surface area contributed by atoms with Crippen LogP contribution < -0.4 is 5.32 Å². The Labute approximate surface area is 148 Å². The van der Waals surface area contributed by atoms with Gasteiger partial charge in [0.15, 0.2) is 0 Å². The topological polar surface area (TPSA) is 67.3 Å². The first-order chi connectivity index (χ1) is 11.4. The summed E-state index contributed by atoms with van der Waals surface area (Å²) < 4.78 is 5.65. The van der Waals surface area contributed by atoms with Gasteiger partial charge in [0.1, 0.15) is 11.1 Å². The highest BCUT2D eigenvalue weighted by atomic mass is 32.1. The average Bonchev–Trinajstić information content (AvgIpc) is 3.18. The molecule has 0 bridgehead atoms. The molecule has 1 aliphatic carbocycles. The minimum atomic E-state index is -0.445. The van der Waals surface area contributed by atoms with E-state index in [1.54, 1.807) is 5.51 Å². The molecule has 24 heavy (non-hydrogen) atoms. The molecule has 2 fully saturated rings. The Morgan fingerprint density at radius 2 is 2.12 bits per heavy atom. The third-order valence-corrected chi connectivity index (χ3v) is 5.53. The van der Waals surface area contributed by atoms with Crippen molar-refractivity contribution < 1.29 is 9.53 Å². The van der Waals surface area contributed by atoms with Gasteiger partial charge in [-0.05, 0) is 58.8 Å². The van der Waals surface area contributed by atoms with Crippen molar-refractivity contribution in [3.8, 4) is 0 Å². The molecule has 7 heteroatoms. The lowest BCUT2D eigenvalue weighted by molar-refractivity contribution is 0.00123. The second-order valence-corrected chi connectivity index (χ2v) is 8.66. The molecule has 2 aliphatic rings. The minimum absolute atomic E-state index is 0.159. The van der Waals surface area contributed by atoms with Crippen LogP contribution in [0.2, 0.25) is 0 Å². The summed E-state index contributed by atoms with van der Waals surface area (Å²) in [5.74, 6) is 0.460. The van der Waals surface area contributed by atoms with Gasteiger partial charge in [0.05, 0.1) is 0 Å². The Hall–Kier alpha value is -1.37. The summed E-state index contributed by atoms with van der Waals surface area (Å²) in [6.45, 7) is 6.60. The maximum Gasteiger partial charge on any atom is 0.410 e. The van der Waals surface area contributed by atoms with Crippen LogP contribution in [0, 0.1) is 5.92 Å². The first-order valence-electron chi connectivity index (χ1n) is 8.96. The van der Waals surface area contributed by atoms with Gasteiger partial charge >= 0.3 is 6.09 Å². The highest BCUT2D eigenvalue weighted by Crippen LogP contribution is 2.37. The lowest BCUT2D eigenvalue weighted by Gasteiger charge is -2.41. The first kappa shape index (κ1) is 17.5. The van der Waals surface area contributed by atoms with Gasteiger partial charge in [-0.2, -0.15) is 0 Å². The molecule has 1 N–H and O–H groups in total. The van der Waals surface area contributed by atoms with Crippen LogP contribution >= 0.6 is 11.3 Å². The van der Waals surface area contributed by atoms with Crippen molar-refractivity contribution in [3.63, 3.8) is 0 Å². The van der Waals surface area contributed by atoms with Crippen molar-refractivity contribution in [1.29, 1.82) is 0 Å². The molecular formula is C17H28N4O2S. The molecule has 0 aromatic carbocycles. The lowest BCUT2D eigenvalue weighted by Crippen LogP contribution is -2.51. The van der Waals surface area contributed by atoms with E-state index in [4.69, 9.17) is 4.74 Å². The normalized spacial score (nSPS) is 28.0. The smallest absolute Gasteiger partial charge is 0.410 e. The Morgan fingerprint density at radius 3 is 2.83 bits per heavy atom. The predicted octanol–water partition coefficient (Wildman–Crippen LogP) is 3.91. The van der Waals surface area contributed by atoms with E-state index in [2.05, 4.69) is 15.5 Å². The standard InChI is InChI=1S/C17H28N4O2S/c1-17(2,3)23-16(22)21-10-5-4-9-14(21)12-7-6-8-13(12)19-15-20-18-11-24-15/h11-14H,4-10H2,1-3H3,(H,19,20). The number of ether oxygens (including phenoxy) is 1. The number of piperidine rings is 1. The van der Waals surface area contributed by atoms with Gasteiger partial charge in [-0.15, -0.1) is 10.2 Å². The molecule has 134 valence electrons. The van der Waals surface area contributed by atoms with Crippen molar-refractivity contribution in [2.75, 3.05) is 11.9 Å². The van der Waals surface area contributed by atoms with E-state index < -0.39 is 5.60 Å². The molecule has 3 unspecified atom stereocenters. The van der Waals surface area contributed by atoms with Crippen molar-refractivity contribution in [2.24, 2.45) is 5.92 Å². The Kier molecular flexibility index (Phi) is 5.27. The molecule has 0 spiro atoms. The second kappa shape index (κ2) is 7.25. The summed E-state index contributed by atoms with van der Waals surface area (Å²) in [7, 11) is 0. The zero-order valence-corrected chi connectivity index (χ0v) is 15.6. The molecule has 3 rings (SSSR count). The van der Waals surface area contributed by atoms with Crippen LogP contribution in [0.25, 0.3) is 0 Å². The Bertz CT molecular complexity index is 543. The maximum atomic E-state index is 12.7. The number of nitrogens with one attached hydrogen (secondary N) is 1. The van der Waals surface area contributed by atoms with Crippen molar-refractivity contribution in [2.45, 2.75) is 77.0 Å². The molecular weight excluding hydrogens is 324 g/mol. The van der Waals surface area contributed by atoms with Gasteiger partial charge in [0.2, 0.25) is 5.13 Å². The van der Waals surface area contributed by atoms with E-state index in [0.29, 0.717) is 12.0 Å². The number of amides is 1. The highest BCUT2D eigenvalue weighted by molar-refractivity contribution is 7.13. The fourth-order valence-electron chi connectivity index (χ4n) is 3.97. The number of aromatic nitrogens is 2. The zero-order chi connectivity index (χ0) is 17.2. The van der Waals surface area contributed by atoms with Crippen LogP contribution in [0.15, 0.2) is 5.51 Å². The Balaban J connectivity index is 1.70. The summed E-state index contributed by atoms with van der Waals surface area (Å²) in [6, 6.07) is 0.632. The number of carbonyl (C=O) groups excluding carboxylic acids is 1. The third kappa shape index (κ3) is 4.18. The zero-order valence-electron chi connectivity index (χ0n) is 14.8. The summed E-state index contributed by atoms with van der Waals surface area (Å²) in [6.07, 6.45) is 6.64. The van der Waals surface area contributed by atoms with Gasteiger partial charge in [-0.3, -0.25) is 0 Å². The van der Waals surface area contributed by atoms with E-state index in [0.717, 1.165) is 37.4 Å². The molecule has 0 radical (unpaired) electrons. The summed E-state index contributed by atoms with van der Waals surface area (Å²) in [4.78, 5) is 14.7. The number of likely N-dealkylation sites (tertiary alicyclic amines) is 1. The van der Waals surface area contributed by atoms with Crippen molar-refractivity contribution >= 4 is 22.6 Å². The third-order valence-electron chi connectivity index (χ3n) is 4.91. The van der Waals surface area contributed by atoms with E-state index in [1.807, 2.05) is 25.7 Å². The fourth-order valence-corrected chi connectivity index (χ4v) is 4.48. The molecule has 1 aliphatic heterocycles. The van der Waals surface area contributed by atoms with Crippen molar-refractivity contribution in [3.05, 3.63) is 5.51 Å². The number of anilines is 1. The molecule has 1 aromatic heterocycles. The lowest BCUT2D eigenvalue weighted by atomic mass is 9.87. The summed E-state index contributed by atoms with van der Waals surface area (Å²) in [5, 5.41) is 12.4. The van der Waals surface area contributed by atoms with E-state index >= 15 is 0 Å². The molecule has 1 amide bonds. The molecule has 3 atom stereocenters. The average molecular weight is 353 g/mol. The maximum absolute atomic E-state index is 12.7. The molecule has 6 nitrogen and oxygen atoms in total. The van der Waals surface area contributed by atoms with Crippen LogP contribution in [-0.4, -0.2) is 45.4 Å². The summed E-state index contributed by atoms with van der Waals surface area (Å²) >= 11 is 1.53. The largest absolute Gasteiger partial charge is 0.444 e. The second-order valence-electron chi connectivity index (χ2n) is 7.83. The summed E-state index contributed by atoms with van der Waals surface area (Å²) in [5.41, 5.74) is 1.30. The van der Waals surface area contributed by atoms with Crippen LogP contribution in [0.5, 0.6) is 0 Å². The van der Waals surface area contributed by atoms with Gasteiger partial charge in [-0.1, -0.05) is 17.8 Å². The first-order valence-corrected chi connectivity index (χ1v) is 9.84. The van der Waals surface area contributed by atoms with Crippen LogP contribution in [0.4, 0.5) is 9.93 Å². The van der Waals surface area contributed by atoms with Gasteiger partial charge < -0.3 is 15.0 Å². The fraction of sp³-hybridized carbons (Fsp3) is 0.824. The van der Waals surface area contributed by atoms with Gasteiger partial charge in [0.25, 0.3) is 0 Å². The van der Waals surface area contributed by atoms with E-state index in [9.17, 15) is 4.79 Å². The molecule has 1 saturated carbocycles. The van der Waals surface area contributed by atoms with Crippen molar-refractivity contribution in [1.82, 2.24) is 15.1 Å². The predicted molar refractivity (Wildman–Crippen MR) is 95.2 cm³/mol. The van der Waals surface area contributed by atoms with E-state index in [1.165, 1.54) is 24.2 Å². The number of hydrogen-bond acceptors (Lipinski definition) is 6. The van der Waals surface area contributed by atoms with Gasteiger partial charge in [0, 0.05) is 18.6 Å². The van der Waals surface area contributed by atoms with Crippen LogP contribution in [-0.2, 0) is 4.74 Å². The molecule has 1 aromatic rings. The SMILES string of the molecule is CC(C)(C)OC(=O)N1CCCCC1C1CCCC1Nc1nncs1. The quantitative estimate of drug-likeness (QED) is 0.893. The minimum Gasteiger partial charge on any atom is -0.444 e. The molecule has 1 saturated heterocycles. The monoisotopic (exact) mass is 352 g/mol. The number of hydrogen-bond donors (Lipinski definition) is 1. The number of nitrogens with zero attached hydrogens (tertiary/aromatic N) is 3. The number of carbonyl (C=O) groups is 1. The number of rotatable bonds is 3. The Morgan fingerprint density at radius 1 is 1.29 bits per heavy atom. The van der Waals surface area contributed by atoms with Crippen LogP contribution in [0.1, 0.15) is 59.3 Å². The van der Waals surface area contributed by atoms with Crippen LogP contribution in [0.3, 0.4) is 0 Å². The van der Waals surface area contributed by atoms with E-state index in [-0.39, 0.29) is 12.1 Å².